The number of carboxylic acids is 1. The second-order valence-corrected chi connectivity index (χ2v) is 10.7. The van der Waals surface area contributed by atoms with Crippen molar-refractivity contribution in [1.82, 2.24) is 4.98 Å². The summed E-state index contributed by atoms with van der Waals surface area (Å²) in [6, 6.07) is 13.8. The van der Waals surface area contributed by atoms with Crippen LogP contribution in [0, 0.1) is 5.82 Å². The highest BCUT2D eigenvalue weighted by Crippen LogP contribution is 2.39. The van der Waals surface area contributed by atoms with Crippen LogP contribution in [0.15, 0.2) is 53.9 Å². The fraction of sp³-hybridized carbons (Fsp3) is 0.174. The third-order valence-corrected chi connectivity index (χ3v) is 7.17. The van der Waals surface area contributed by atoms with Crippen LogP contribution in [-0.4, -0.2) is 30.7 Å². The minimum Gasteiger partial charge on any atom is -0.477 e. The van der Waals surface area contributed by atoms with Crippen LogP contribution in [0.25, 0.3) is 22.0 Å². The van der Waals surface area contributed by atoms with Crippen LogP contribution in [0.5, 0.6) is 0 Å². The summed E-state index contributed by atoms with van der Waals surface area (Å²) in [5.41, 5.74) is 2.41. The highest BCUT2D eigenvalue weighted by atomic mass is 32.2. The normalized spacial score (nSPS) is 12.9. The van der Waals surface area contributed by atoms with E-state index in [1.807, 2.05) is 29.6 Å². The van der Waals surface area contributed by atoms with Gasteiger partial charge in [-0.2, -0.15) is 0 Å². The van der Waals surface area contributed by atoms with E-state index in [0.717, 1.165) is 16.7 Å². The molecule has 5 nitrogen and oxygen atoms in total. The van der Waals surface area contributed by atoms with Crippen LogP contribution >= 0.6 is 11.3 Å². The number of carbonyl (C=O) groups is 1. The zero-order valence-corrected chi connectivity index (χ0v) is 18.5. The van der Waals surface area contributed by atoms with Gasteiger partial charge in [0, 0.05) is 33.6 Å². The zero-order chi connectivity index (χ0) is 22.3. The lowest BCUT2D eigenvalue weighted by molar-refractivity contribution is 0.0692. The van der Waals surface area contributed by atoms with E-state index in [0.29, 0.717) is 22.0 Å². The van der Waals surface area contributed by atoms with Gasteiger partial charge in [0.25, 0.3) is 0 Å². The van der Waals surface area contributed by atoms with Crippen molar-refractivity contribution in [1.29, 1.82) is 0 Å². The average molecular weight is 458 g/mol. The first-order valence-electron chi connectivity index (χ1n) is 9.53. The van der Waals surface area contributed by atoms with Crippen LogP contribution in [0.3, 0.4) is 0 Å². The topological polar surface area (TPSA) is 87.2 Å². The number of aromatic amines is 1. The van der Waals surface area contributed by atoms with Crippen molar-refractivity contribution in [2.75, 3.05) is 6.26 Å². The molecule has 0 bridgehead atoms. The van der Waals surface area contributed by atoms with Crippen LogP contribution in [0.4, 0.5) is 4.39 Å². The van der Waals surface area contributed by atoms with E-state index >= 15 is 0 Å². The summed E-state index contributed by atoms with van der Waals surface area (Å²) in [6.07, 6.45) is 1.04. The third kappa shape index (κ3) is 4.13. The molecule has 0 fully saturated rings. The standard InChI is InChI=1S/C23H20FNO4S2/c1-13(19-7-4-10-30-19)16-5-3-6-17-20(22(23(26)27)25-21(16)17)14-8-9-15(18(24)11-14)12-31(2,28)29/h3-11,13,25H,12H2,1-2H3,(H,26,27). The van der Waals surface area contributed by atoms with Crippen molar-refractivity contribution in [3.63, 3.8) is 0 Å². The van der Waals surface area contributed by atoms with E-state index in [-0.39, 0.29) is 17.2 Å². The summed E-state index contributed by atoms with van der Waals surface area (Å²) >= 11 is 1.63. The van der Waals surface area contributed by atoms with Gasteiger partial charge in [-0.3, -0.25) is 0 Å². The lowest BCUT2D eigenvalue weighted by Gasteiger charge is -2.11. The Morgan fingerprint density at radius 2 is 1.97 bits per heavy atom. The molecule has 4 rings (SSSR count). The molecule has 2 aromatic heterocycles. The smallest absolute Gasteiger partial charge is 0.352 e. The summed E-state index contributed by atoms with van der Waals surface area (Å²) in [5.74, 6) is -2.20. The Kier molecular flexibility index (Phi) is 5.45. The second-order valence-electron chi connectivity index (χ2n) is 7.56. The van der Waals surface area contributed by atoms with Gasteiger partial charge in [-0.05, 0) is 28.6 Å². The number of H-pyrrole nitrogens is 1. The van der Waals surface area contributed by atoms with Crippen molar-refractivity contribution in [3.8, 4) is 11.1 Å². The van der Waals surface area contributed by atoms with Crippen molar-refractivity contribution >= 4 is 38.0 Å². The van der Waals surface area contributed by atoms with Gasteiger partial charge in [-0.25, -0.2) is 17.6 Å². The van der Waals surface area contributed by atoms with E-state index in [1.54, 1.807) is 23.5 Å². The molecule has 2 heterocycles. The number of hydrogen-bond acceptors (Lipinski definition) is 4. The Hall–Kier alpha value is -2.97. The van der Waals surface area contributed by atoms with Crippen LogP contribution < -0.4 is 0 Å². The number of thiophene rings is 1. The van der Waals surface area contributed by atoms with E-state index in [4.69, 9.17) is 0 Å². The molecule has 0 amide bonds. The number of fused-ring (bicyclic) bond motifs is 1. The number of aromatic nitrogens is 1. The summed E-state index contributed by atoms with van der Waals surface area (Å²) in [4.78, 5) is 16.2. The SMILES string of the molecule is CC(c1cccs1)c1cccc2c(-c3ccc(CS(C)(=O)=O)c(F)c3)c(C(=O)O)[nH]c12. The Bertz CT molecular complexity index is 1390. The number of rotatable bonds is 6. The number of sulfone groups is 1. The molecular formula is C23H20FNO4S2. The lowest BCUT2D eigenvalue weighted by Crippen LogP contribution is -2.03. The molecule has 0 saturated heterocycles. The maximum atomic E-state index is 14.7. The molecule has 160 valence electrons. The lowest BCUT2D eigenvalue weighted by atomic mass is 9.94. The second kappa shape index (κ2) is 7.94. The van der Waals surface area contributed by atoms with E-state index in [9.17, 15) is 22.7 Å². The predicted octanol–water partition coefficient (Wildman–Crippen LogP) is 5.43. The van der Waals surface area contributed by atoms with Crippen molar-refractivity contribution in [2.45, 2.75) is 18.6 Å². The molecule has 4 aromatic rings. The third-order valence-electron chi connectivity index (χ3n) is 5.28. The monoisotopic (exact) mass is 457 g/mol. The molecule has 0 aliphatic heterocycles. The number of nitrogens with one attached hydrogen (secondary N) is 1. The van der Waals surface area contributed by atoms with E-state index in [1.165, 1.54) is 12.1 Å². The van der Waals surface area contributed by atoms with E-state index < -0.39 is 27.4 Å². The van der Waals surface area contributed by atoms with Gasteiger partial charge in [-0.1, -0.05) is 43.3 Å². The molecule has 0 spiro atoms. The maximum Gasteiger partial charge on any atom is 0.352 e. The van der Waals surface area contributed by atoms with Gasteiger partial charge in [0.15, 0.2) is 9.84 Å². The largest absolute Gasteiger partial charge is 0.477 e. The number of aromatic carboxylic acids is 1. The Labute approximate surface area is 183 Å². The molecule has 0 aliphatic rings. The van der Waals surface area contributed by atoms with Crippen LogP contribution in [0.1, 0.15) is 39.3 Å². The highest BCUT2D eigenvalue weighted by Gasteiger charge is 2.23. The van der Waals surface area contributed by atoms with Crippen molar-refractivity contribution in [3.05, 3.63) is 81.4 Å². The molecule has 31 heavy (non-hydrogen) atoms. The first-order valence-corrected chi connectivity index (χ1v) is 12.5. The van der Waals surface area contributed by atoms with Gasteiger partial charge < -0.3 is 10.1 Å². The number of para-hydroxylation sites is 1. The quantitative estimate of drug-likeness (QED) is 0.404. The number of hydrogen-bond donors (Lipinski definition) is 2. The highest BCUT2D eigenvalue weighted by molar-refractivity contribution is 7.89. The molecule has 2 aromatic carbocycles. The minimum atomic E-state index is -3.40. The Morgan fingerprint density at radius 1 is 1.19 bits per heavy atom. The van der Waals surface area contributed by atoms with Gasteiger partial charge >= 0.3 is 5.97 Å². The van der Waals surface area contributed by atoms with Crippen LogP contribution in [-0.2, 0) is 15.6 Å². The predicted molar refractivity (Wildman–Crippen MR) is 121 cm³/mol. The van der Waals surface area contributed by atoms with Gasteiger partial charge in [0.1, 0.15) is 11.5 Å². The zero-order valence-electron chi connectivity index (χ0n) is 16.8. The summed E-state index contributed by atoms with van der Waals surface area (Å²) in [6.45, 7) is 2.06. The summed E-state index contributed by atoms with van der Waals surface area (Å²) < 4.78 is 37.7. The van der Waals surface area contributed by atoms with Gasteiger partial charge in [0.05, 0.1) is 11.3 Å². The minimum absolute atomic E-state index is 0.0314. The average Bonchev–Trinajstić information content (AvgIpc) is 3.35. The number of benzene rings is 2. The summed E-state index contributed by atoms with van der Waals surface area (Å²) in [7, 11) is -3.40. The fourth-order valence-corrected chi connectivity index (χ4v) is 5.46. The Morgan fingerprint density at radius 3 is 2.58 bits per heavy atom. The van der Waals surface area contributed by atoms with Crippen molar-refractivity contribution < 1.29 is 22.7 Å². The fourth-order valence-electron chi connectivity index (χ4n) is 3.85. The van der Waals surface area contributed by atoms with Gasteiger partial charge in [0.2, 0.25) is 0 Å². The number of carboxylic acid groups (broad SMARTS) is 1. The van der Waals surface area contributed by atoms with Gasteiger partial charge in [-0.15, -0.1) is 11.3 Å². The molecule has 1 unspecified atom stereocenters. The molecule has 0 saturated carbocycles. The molecular weight excluding hydrogens is 437 g/mol. The van der Waals surface area contributed by atoms with Crippen molar-refractivity contribution in [2.24, 2.45) is 0 Å². The molecule has 2 N–H and O–H groups in total. The van der Waals surface area contributed by atoms with Crippen LogP contribution in [0.2, 0.25) is 0 Å². The first kappa shape index (κ1) is 21.3. The maximum absolute atomic E-state index is 14.7. The summed E-state index contributed by atoms with van der Waals surface area (Å²) in [5, 5.41) is 12.5. The van der Waals surface area contributed by atoms with E-state index in [2.05, 4.69) is 11.9 Å². The molecule has 0 radical (unpaired) electrons. The molecule has 0 aliphatic carbocycles. The Balaban J connectivity index is 1.90. The first-order chi connectivity index (χ1) is 14.7. The molecule has 8 heteroatoms. The number of halogens is 1. The molecule has 1 atom stereocenters.